The van der Waals surface area contributed by atoms with E-state index < -0.39 is 5.91 Å². The van der Waals surface area contributed by atoms with Gasteiger partial charge in [0.05, 0.1) is 24.1 Å². The third-order valence-electron chi connectivity index (χ3n) is 4.19. The lowest BCUT2D eigenvalue weighted by Gasteiger charge is -2.14. The van der Waals surface area contributed by atoms with E-state index in [1.165, 1.54) is 11.8 Å². The van der Waals surface area contributed by atoms with Crippen LogP contribution in [0, 0.1) is 18.3 Å². The number of ether oxygens (including phenoxy) is 1. The summed E-state index contributed by atoms with van der Waals surface area (Å²) in [4.78, 5) is 15.9. The highest BCUT2D eigenvalue weighted by Crippen LogP contribution is 2.38. The van der Waals surface area contributed by atoms with Crippen molar-refractivity contribution in [1.29, 1.82) is 5.26 Å². The molecular weight excluding hydrogens is 370 g/mol. The van der Waals surface area contributed by atoms with Crippen molar-refractivity contribution in [2.75, 3.05) is 12.9 Å². The number of pyridine rings is 1. The third kappa shape index (κ3) is 4.16. The molecule has 0 fully saturated rings. The molecular formula is C22H19N3O2S. The number of aromatic nitrogens is 1. The molecule has 140 valence electrons. The van der Waals surface area contributed by atoms with Crippen LogP contribution in [0.3, 0.4) is 0 Å². The number of methoxy groups -OCH3 is 1. The maximum atomic E-state index is 11.3. The van der Waals surface area contributed by atoms with Crippen molar-refractivity contribution < 1.29 is 9.53 Å². The van der Waals surface area contributed by atoms with E-state index in [2.05, 4.69) is 11.1 Å². The monoisotopic (exact) mass is 389 g/mol. The lowest BCUT2D eigenvalue weighted by Crippen LogP contribution is -2.13. The largest absolute Gasteiger partial charge is 0.496 e. The first-order valence-corrected chi connectivity index (χ1v) is 9.58. The van der Waals surface area contributed by atoms with E-state index in [9.17, 15) is 10.1 Å². The number of aryl methyl sites for hydroxylation is 1. The molecule has 3 aromatic rings. The normalized spacial score (nSPS) is 10.3. The molecule has 0 saturated carbocycles. The number of benzene rings is 2. The van der Waals surface area contributed by atoms with Gasteiger partial charge < -0.3 is 10.5 Å². The molecule has 3 rings (SSSR count). The fourth-order valence-electron chi connectivity index (χ4n) is 2.83. The minimum Gasteiger partial charge on any atom is -0.496 e. The van der Waals surface area contributed by atoms with Crippen molar-refractivity contribution in [3.63, 3.8) is 0 Å². The number of nitrogens with two attached hydrogens (primary N) is 1. The number of para-hydroxylation sites is 1. The first-order chi connectivity index (χ1) is 13.5. The minimum atomic E-state index is -0.463. The summed E-state index contributed by atoms with van der Waals surface area (Å²) < 4.78 is 5.49. The second kappa shape index (κ2) is 8.59. The van der Waals surface area contributed by atoms with Crippen molar-refractivity contribution in [3.05, 3.63) is 65.7 Å². The lowest BCUT2D eigenvalue weighted by molar-refractivity contribution is -0.115. The van der Waals surface area contributed by atoms with Crippen LogP contribution in [0.15, 0.2) is 59.6 Å². The van der Waals surface area contributed by atoms with E-state index in [1.54, 1.807) is 7.11 Å². The molecule has 0 bridgehead atoms. The van der Waals surface area contributed by atoms with Crippen molar-refractivity contribution in [2.45, 2.75) is 11.9 Å². The molecule has 0 atom stereocenters. The Balaban J connectivity index is 2.25. The zero-order valence-corrected chi connectivity index (χ0v) is 16.4. The maximum Gasteiger partial charge on any atom is 0.227 e. The molecule has 0 aliphatic heterocycles. The van der Waals surface area contributed by atoms with Gasteiger partial charge in [-0.15, -0.1) is 0 Å². The van der Waals surface area contributed by atoms with Gasteiger partial charge in [-0.05, 0) is 19.1 Å². The Morgan fingerprint density at radius 1 is 1.18 bits per heavy atom. The van der Waals surface area contributed by atoms with Crippen LogP contribution >= 0.6 is 11.8 Å². The third-order valence-corrected chi connectivity index (χ3v) is 5.19. The Kier molecular flexibility index (Phi) is 5.97. The van der Waals surface area contributed by atoms with E-state index in [0.717, 1.165) is 16.7 Å². The molecule has 0 aliphatic rings. The molecule has 2 N–H and O–H groups in total. The average Bonchev–Trinajstić information content (AvgIpc) is 2.72. The van der Waals surface area contributed by atoms with Crippen molar-refractivity contribution in [3.8, 4) is 34.2 Å². The standard InChI is InChI=1S/C22H19N3O2S/c1-14-7-9-15(10-8-14)19-11-17(16-5-3-4-6-20(16)27-2)18(12-23)22(25-19)28-13-21(24)26/h3-11H,13H2,1-2H3,(H2,24,26). The van der Waals surface area contributed by atoms with E-state index in [1.807, 2.05) is 61.5 Å². The van der Waals surface area contributed by atoms with E-state index in [-0.39, 0.29) is 5.75 Å². The molecule has 1 aromatic heterocycles. The molecule has 0 saturated heterocycles. The van der Waals surface area contributed by atoms with E-state index in [0.29, 0.717) is 27.6 Å². The summed E-state index contributed by atoms with van der Waals surface area (Å²) in [5, 5.41) is 10.3. The highest BCUT2D eigenvalue weighted by molar-refractivity contribution is 8.00. The van der Waals surface area contributed by atoms with Crippen LogP contribution in [-0.4, -0.2) is 23.8 Å². The van der Waals surface area contributed by atoms with Crippen LogP contribution in [0.5, 0.6) is 5.75 Å². The number of carbonyl (C=O) groups excluding carboxylic acids is 1. The Hall–Kier alpha value is -3.30. The number of rotatable bonds is 6. The lowest BCUT2D eigenvalue weighted by atomic mass is 9.98. The summed E-state index contributed by atoms with van der Waals surface area (Å²) in [5.74, 6) is 0.242. The van der Waals surface area contributed by atoms with Crippen LogP contribution in [0.25, 0.3) is 22.4 Å². The Labute approximate surface area is 168 Å². The number of nitriles is 1. The van der Waals surface area contributed by atoms with Gasteiger partial charge in [0.15, 0.2) is 0 Å². The summed E-state index contributed by atoms with van der Waals surface area (Å²) in [6.45, 7) is 2.02. The summed E-state index contributed by atoms with van der Waals surface area (Å²) >= 11 is 1.17. The van der Waals surface area contributed by atoms with Gasteiger partial charge in [-0.1, -0.05) is 59.8 Å². The van der Waals surface area contributed by atoms with Crippen LogP contribution in [0.1, 0.15) is 11.1 Å². The fourth-order valence-corrected chi connectivity index (χ4v) is 3.57. The molecule has 0 aliphatic carbocycles. The SMILES string of the molecule is COc1ccccc1-c1cc(-c2ccc(C)cc2)nc(SCC(N)=O)c1C#N. The Morgan fingerprint density at radius 3 is 2.54 bits per heavy atom. The van der Waals surface area contributed by atoms with Crippen molar-refractivity contribution in [2.24, 2.45) is 5.73 Å². The van der Waals surface area contributed by atoms with Gasteiger partial charge in [0.1, 0.15) is 16.8 Å². The van der Waals surface area contributed by atoms with Crippen LogP contribution < -0.4 is 10.5 Å². The molecule has 1 heterocycles. The first-order valence-electron chi connectivity index (χ1n) is 8.60. The number of amides is 1. The highest BCUT2D eigenvalue weighted by Gasteiger charge is 2.18. The zero-order chi connectivity index (χ0) is 20.1. The number of hydrogen-bond acceptors (Lipinski definition) is 5. The second-order valence-corrected chi connectivity index (χ2v) is 7.13. The molecule has 0 unspecified atom stereocenters. The van der Waals surface area contributed by atoms with Crippen LogP contribution in [0.2, 0.25) is 0 Å². The molecule has 28 heavy (non-hydrogen) atoms. The molecule has 5 nitrogen and oxygen atoms in total. The maximum absolute atomic E-state index is 11.3. The van der Waals surface area contributed by atoms with Crippen molar-refractivity contribution in [1.82, 2.24) is 4.98 Å². The van der Waals surface area contributed by atoms with E-state index in [4.69, 9.17) is 10.5 Å². The molecule has 0 radical (unpaired) electrons. The summed E-state index contributed by atoms with van der Waals surface area (Å²) in [6.07, 6.45) is 0. The van der Waals surface area contributed by atoms with Crippen molar-refractivity contribution >= 4 is 17.7 Å². The quantitative estimate of drug-likeness (QED) is 0.639. The highest BCUT2D eigenvalue weighted by atomic mass is 32.2. The van der Waals surface area contributed by atoms with Gasteiger partial charge in [0.2, 0.25) is 5.91 Å². The Bertz CT molecular complexity index is 1060. The zero-order valence-electron chi connectivity index (χ0n) is 15.6. The first kappa shape index (κ1) is 19.5. The predicted molar refractivity (Wildman–Crippen MR) is 111 cm³/mol. The summed E-state index contributed by atoms with van der Waals surface area (Å²) in [6, 6.07) is 19.6. The minimum absolute atomic E-state index is 0.0460. The van der Waals surface area contributed by atoms with Crippen LogP contribution in [-0.2, 0) is 4.79 Å². The molecule has 6 heteroatoms. The number of primary amides is 1. The van der Waals surface area contributed by atoms with Crippen LogP contribution in [0.4, 0.5) is 0 Å². The average molecular weight is 389 g/mol. The summed E-state index contributed by atoms with van der Waals surface area (Å²) in [5.41, 5.74) is 9.98. The Morgan fingerprint density at radius 2 is 1.89 bits per heavy atom. The summed E-state index contributed by atoms with van der Waals surface area (Å²) in [7, 11) is 1.59. The number of hydrogen-bond donors (Lipinski definition) is 1. The molecule has 2 aromatic carbocycles. The number of nitrogens with zero attached hydrogens (tertiary/aromatic N) is 2. The fraction of sp³-hybridized carbons (Fsp3) is 0.136. The van der Waals surface area contributed by atoms with Gasteiger partial charge in [-0.2, -0.15) is 5.26 Å². The second-order valence-electron chi connectivity index (χ2n) is 6.17. The van der Waals surface area contributed by atoms with Gasteiger partial charge in [-0.3, -0.25) is 4.79 Å². The van der Waals surface area contributed by atoms with Gasteiger partial charge in [-0.25, -0.2) is 4.98 Å². The van der Waals surface area contributed by atoms with Gasteiger partial charge >= 0.3 is 0 Å². The molecule has 1 amide bonds. The topological polar surface area (TPSA) is 89.0 Å². The number of carbonyl (C=O) groups is 1. The van der Waals surface area contributed by atoms with E-state index >= 15 is 0 Å². The smallest absolute Gasteiger partial charge is 0.227 e. The number of thioether (sulfide) groups is 1. The van der Waals surface area contributed by atoms with Gasteiger partial charge in [0.25, 0.3) is 0 Å². The van der Waals surface area contributed by atoms with Gasteiger partial charge in [0, 0.05) is 16.7 Å². The molecule has 0 spiro atoms. The predicted octanol–water partition coefficient (Wildman–Crippen LogP) is 4.18.